The van der Waals surface area contributed by atoms with Gasteiger partial charge in [0.15, 0.2) is 5.82 Å². The summed E-state index contributed by atoms with van der Waals surface area (Å²) in [6.07, 6.45) is 1.18. The van der Waals surface area contributed by atoms with Crippen molar-refractivity contribution in [3.63, 3.8) is 0 Å². The van der Waals surface area contributed by atoms with E-state index in [0.717, 1.165) is 12.1 Å². The molecule has 0 spiro atoms. The van der Waals surface area contributed by atoms with Crippen molar-refractivity contribution in [2.24, 2.45) is 0 Å². The van der Waals surface area contributed by atoms with Crippen LogP contribution in [0.4, 0.5) is 14.5 Å². The van der Waals surface area contributed by atoms with Gasteiger partial charge in [-0.15, -0.1) is 0 Å². The predicted octanol–water partition coefficient (Wildman–Crippen LogP) is 2.55. The summed E-state index contributed by atoms with van der Waals surface area (Å²) < 4.78 is 39.3. The van der Waals surface area contributed by atoms with Crippen molar-refractivity contribution < 1.29 is 23.2 Å². The van der Waals surface area contributed by atoms with E-state index in [0.29, 0.717) is 0 Å². The van der Waals surface area contributed by atoms with Gasteiger partial charge in [-0.25, -0.2) is 8.78 Å². The van der Waals surface area contributed by atoms with Crippen molar-refractivity contribution in [2.75, 3.05) is 12.3 Å². The number of hydrogen-bond donors (Lipinski definition) is 2. The minimum atomic E-state index is -0.879. The van der Waals surface area contributed by atoms with Gasteiger partial charge in [-0.2, -0.15) is 0 Å². The first kappa shape index (κ1) is 16.9. The summed E-state index contributed by atoms with van der Waals surface area (Å²) in [7, 11) is -0.879. The molecule has 4 nitrogen and oxygen atoms in total. The van der Waals surface area contributed by atoms with Gasteiger partial charge in [0, 0.05) is 5.56 Å². The molecular weight excluding hydrogens is 291 g/mol. The van der Waals surface area contributed by atoms with Gasteiger partial charge in [0.2, 0.25) is 0 Å². The molecule has 0 aromatic heterocycles. The summed E-state index contributed by atoms with van der Waals surface area (Å²) in [5.41, 5.74) is 3.96. The largest absolute Gasteiger partial charge is 0.492 e. The molecule has 1 aromatic rings. The van der Waals surface area contributed by atoms with E-state index in [1.54, 1.807) is 0 Å². The highest BCUT2D eigenvalue weighted by atomic mass is 19.1. The molecule has 2 rings (SSSR count). The number of halogens is 2. The van der Waals surface area contributed by atoms with Crippen LogP contribution in [0.3, 0.4) is 0 Å². The molecule has 0 atom stereocenters. The first-order chi connectivity index (χ1) is 10.1. The predicted molar refractivity (Wildman–Crippen MR) is 81.9 cm³/mol. The van der Waals surface area contributed by atoms with Crippen LogP contribution in [-0.2, 0) is 9.31 Å². The molecule has 1 aliphatic rings. The van der Waals surface area contributed by atoms with E-state index >= 15 is 0 Å². The summed E-state index contributed by atoms with van der Waals surface area (Å²) >= 11 is 0. The Morgan fingerprint density at radius 1 is 1.23 bits per heavy atom. The number of nitrogen functional groups attached to an aromatic ring is 1. The van der Waals surface area contributed by atoms with E-state index in [9.17, 15) is 13.9 Å². The molecule has 1 aliphatic heterocycles. The molecule has 1 heterocycles. The minimum Gasteiger partial charge on any atom is -0.400 e. The molecule has 22 heavy (non-hydrogen) atoms. The number of benzene rings is 1. The lowest BCUT2D eigenvalue weighted by Crippen LogP contribution is -2.41. The van der Waals surface area contributed by atoms with E-state index in [2.05, 4.69) is 0 Å². The molecule has 0 bridgehead atoms. The van der Waals surface area contributed by atoms with Crippen molar-refractivity contribution in [1.29, 1.82) is 0 Å². The van der Waals surface area contributed by atoms with Crippen molar-refractivity contribution in [3.8, 4) is 0 Å². The first-order valence-electron chi connectivity index (χ1n) is 6.99. The van der Waals surface area contributed by atoms with Crippen molar-refractivity contribution in [3.05, 3.63) is 34.8 Å². The number of rotatable bonds is 3. The molecule has 0 amide bonds. The maximum absolute atomic E-state index is 14.0. The average molecular weight is 311 g/mol. The molecule has 0 aliphatic carbocycles. The van der Waals surface area contributed by atoms with Gasteiger partial charge in [-0.05, 0) is 45.3 Å². The fourth-order valence-electron chi connectivity index (χ4n) is 2.09. The van der Waals surface area contributed by atoms with Crippen molar-refractivity contribution in [2.45, 2.75) is 38.9 Å². The van der Waals surface area contributed by atoms with Crippen LogP contribution >= 0.6 is 0 Å². The fraction of sp³-hybridized carbons (Fsp3) is 0.467. The van der Waals surface area contributed by atoms with E-state index in [1.165, 1.54) is 6.08 Å². The maximum Gasteiger partial charge on any atom is 0.492 e. The lowest BCUT2D eigenvalue weighted by Gasteiger charge is -2.32. The molecule has 1 fully saturated rings. The molecule has 3 N–H and O–H groups in total. The van der Waals surface area contributed by atoms with Gasteiger partial charge >= 0.3 is 7.12 Å². The normalized spacial score (nSPS) is 20.5. The second-order valence-corrected chi connectivity index (χ2v) is 6.33. The molecule has 1 aromatic carbocycles. The standard InChI is InChI=1S/C15H20BF2NO3/c1-14(2)15(3,4)22-16(21-14)9(8-20)7-10-11(17)5-6-12(19)13(10)18/h5-7,20H,8,19H2,1-4H3. The zero-order valence-electron chi connectivity index (χ0n) is 13.1. The van der Waals surface area contributed by atoms with Gasteiger partial charge in [0.25, 0.3) is 0 Å². The Morgan fingerprint density at radius 2 is 1.77 bits per heavy atom. The molecule has 0 saturated carbocycles. The van der Waals surface area contributed by atoms with Crippen LogP contribution in [0.1, 0.15) is 33.3 Å². The summed E-state index contributed by atoms with van der Waals surface area (Å²) in [6, 6.07) is 2.22. The van der Waals surface area contributed by atoms with Crippen LogP contribution in [0.5, 0.6) is 0 Å². The van der Waals surface area contributed by atoms with Crippen LogP contribution in [0.15, 0.2) is 17.6 Å². The van der Waals surface area contributed by atoms with Gasteiger partial charge in [0.1, 0.15) is 5.82 Å². The van der Waals surface area contributed by atoms with Crippen LogP contribution < -0.4 is 5.73 Å². The minimum absolute atomic E-state index is 0.168. The maximum atomic E-state index is 14.0. The lowest BCUT2D eigenvalue weighted by molar-refractivity contribution is 0.00578. The third kappa shape index (κ3) is 2.88. The van der Waals surface area contributed by atoms with E-state index in [1.807, 2.05) is 27.7 Å². The Balaban J connectivity index is 2.40. The average Bonchev–Trinajstić information content (AvgIpc) is 2.63. The third-order valence-corrected chi connectivity index (χ3v) is 4.22. The fourth-order valence-corrected chi connectivity index (χ4v) is 2.09. The van der Waals surface area contributed by atoms with Crippen molar-refractivity contribution in [1.82, 2.24) is 0 Å². The molecule has 7 heteroatoms. The van der Waals surface area contributed by atoms with Gasteiger partial charge in [0.05, 0.1) is 23.5 Å². The van der Waals surface area contributed by atoms with Crippen LogP contribution in [0.2, 0.25) is 0 Å². The Morgan fingerprint density at radius 3 is 2.27 bits per heavy atom. The van der Waals surface area contributed by atoms with Crippen LogP contribution in [0, 0.1) is 11.6 Å². The number of aliphatic hydroxyl groups excluding tert-OH is 1. The highest BCUT2D eigenvalue weighted by Crippen LogP contribution is 2.39. The highest BCUT2D eigenvalue weighted by Gasteiger charge is 2.52. The second kappa shape index (κ2) is 5.64. The molecule has 0 unspecified atom stereocenters. The quantitative estimate of drug-likeness (QED) is 0.665. The Labute approximate surface area is 129 Å². The van der Waals surface area contributed by atoms with Gasteiger partial charge in [-0.3, -0.25) is 0 Å². The number of hydrogen-bond acceptors (Lipinski definition) is 4. The smallest absolute Gasteiger partial charge is 0.400 e. The third-order valence-electron chi connectivity index (χ3n) is 4.22. The molecule has 120 valence electrons. The Kier molecular flexibility index (Phi) is 4.34. The molecule has 1 saturated heterocycles. The summed E-state index contributed by atoms with van der Waals surface area (Å²) in [6.45, 7) is 6.95. The van der Waals surface area contributed by atoms with Gasteiger partial charge < -0.3 is 20.1 Å². The van der Waals surface area contributed by atoms with E-state index in [-0.39, 0.29) is 16.7 Å². The van der Waals surface area contributed by atoms with E-state index < -0.39 is 36.6 Å². The van der Waals surface area contributed by atoms with Crippen LogP contribution in [-0.4, -0.2) is 30.0 Å². The Hall–Kier alpha value is -1.44. The van der Waals surface area contributed by atoms with Gasteiger partial charge in [-0.1, -0.05) is 6.08 Å². The number of aliphatic hydroxyl groups is 1. The summed E-state index contributed by atoms with van der Waals surface area (Å²) in [4.78, 5) is 0. The summed E-state index contributed by atoms with van der Waals surface area (Å²) in [5, 5.41) is 9.53. The summed E-state index contributed by atoms with van der Waals surface area (Å²) in [5.74, 6) is -1.64. The molecule has 0 radical (unpaired) electrons. The van der Waals surface area contributed by atoms with Crippen LogP contribution in [0.25, 0.3) is 6.08 Å². The monoisotopic (exact) mass is 311 g/mol. The lowest BCUT2D eigenvalue weighted by atomic mass is 9.77. The Bertz CT molecular complexity index is 601. The first-order valence-corrected chi connectivity index (χ1v) is 6.99. The number of nitrogens with two attached hydrogens (primary N) is 1. The number of anilines is 1. The zero-order chi connectivity index (χ0) is 16.7. The highest BCUT2D eigenvalue weighted by molar-refractivity contribution is 6.55. The molecular formula is C15H20BF2NO3. The second-order valence-electron chi connectivity index (χ2n) is 6.33. The SMILES string of the molecule is CC1(C)OB(C(=Cc2c(F)ccc(N)c2F)CO)OC1(C)C. The van der Waals surface area contributed by atoms with Crippen molar-refractivity contribution >= 4 is 18.9 Å². The zero-order valence-corrected chi connectivity index (χ0v) is 13.1. The topological polar surface area (TPSA) is 64.7 Å². The van der Waals surface area contributed by atoms with E-state index in [4.69, 9.17) is 15.0 Å².